The predicted octanol–water partition coefficient (Wildman–Crippen LogP) is 2.18. The number of aliphatic imine (C=N–C) groups is 1. The molecule has 0 aliphatic carbocycles. The molecule has 1 amide bonds. The summed E-state index contributed by atoms with van der Waals surface area (Å²) in [4.78, 5) is 22.9. The molecule has 0 atom stereocenters. The minimum absolute atomic E-state index is 0.00662. The molecule has 1 heterocycles. The van der Waals surface area contributed by atoms with Gasteiger partial charge >= 0.3 is 0 Å². The van der Waals surface area contributed by atoms with Gasteiger partial charge in [0, 0.05) is 46.8 Å². The van der Waals surface area contributed by atoms with Crippen LogP contribution in [0.15, 0.2) is 59.6 Å². The first kappa shape index (κ1) is 21.8. The van der Waals surface area contributed by atoms with Crippen LogP contribution < -0.4 is 5.32 Å². The van der Waals surface area contributed by atoms with Gasteiger partial charge in [0.15, 0.2) is 5.96 Å². The molecule has 7 heteroatoms. The molecule has 0 saturated carbocycles. The third-order valence-corrected chi connectivity index (χ3v) is 5.12. The van der Waals surface area contributed by atoms with Gasteiger partial charge in [0.1, 0.15) is 5.82 Å². The molecule has 0 bridgehead atoms. The summed E-state index contributed by atoms with van der Waals surface area (Å²) >= 11 is 0. The third kappa shape index (κ3) is 6.56. The van der Waals surface area contributed by atoms with Crippen molar-refractivity contribution in [3.8, 4) is 0 Å². The summed E-state index contributed by atoms with van der Waals surface area (Å²) in [5, 5.41) is 3.23. The summed E-state index contributed by atoms with van der Waals surface area (Å²) in [6.45, 7) is 4.80. The number of hydrogen-bond acceptors (Lipinski definition) is 3. The van der Waals surface area contributed by atoms with Crippen LogP contribution in [0, 0.1) is 5.82 Å². The Kier molecular flexibility index (Phi) is 7.79. The van der Waals surface area contributed by atoms with Gasteiger partial charge in [-0.1, -0.05) is 42.5 Å². The minimum Gasteiger partial charge on any atom is -0.347 e. The molecular formula is C23H30FN5O. The van der Waals surface area contributed by atoms with Crippen molar-refractivity contribution < 1.29 is 9.18 Å². The highest BCUT2D eigenvalue weighted by atomic mass is 19.1. The highest BCUT2D eigenvalue weighted by Gasteiger charge is 2.20. The Hall–Kier alpha value is -2.93. The molecule has 1 aliphatic heterocycles. The van der Waals surface area contributed by atoms with E-state index in [9.17, 15) is 9.18 Å². The quantitative estimate of drug-likeness (QED) is 0.585. The van der Waals surface area contributed by atoms with Crippen LogP contribution in [0.3, 0.4) is 0 Å². The number of carbonyl (C=O) groups is 1. The number of halogens is 1. The molecule has 0 spiro atoms. The van der Waals surface area contributed by atoms with E-state index in [0.29, 0.717) is 6.54 Å². The number of piperazine rings is 1. The Bertz CT molecular complexity index is 848. The number of rotatable bonds is 6. The molecule has 0 radical (unpaired) electrons. The summed E-state index contributed by atoms with van der Waals surface area (Å²) < 4.78 is 13.4. The summed E-state index contributed by atoms with van der Waals surface area (Å²) in [5.41, 5.74) is 2.11. The number of nitrogens with one attached hydrogen (secondary N) is 1. The van der Waals surface area contributed by atoms with Crippen molar-refractivity contribution in [3.05, 3.63) is 71.5 Å². The monoisotopic (exact) mass is 411 g/mol. The molecule has 6 nitrogen and oxygen atoms in total. The van der Waals surface area contributed by atoms with Crippen molar-refractivity contribution >= 4 is 11.9 Å². The second-order valence-electron chi connectivity index (χ2n) is 7.66. The first-order valence-electron chi connectivity index (χ1n) is 10.3. The average Bonchev–Trinajstić information content (AvgIpc) is 2.75. The Morgan fingerprint density at radius 2 is 1.73 bits per heavy atom. The zero-order valence-electron chi connectivity index (χ0n) is 17.7. The lowest BCUT2D eigenvalue weighted by atomic mass is 10.2. The van der Waals surface area contributed by atoms with Gasteiger partial charge in [-0.15, -0.1) is 0 Å². The fraction of sp³-hybridized carbons (Fsp3) is 0.391. The number of likely N-dealkylation sites (N-methyl/N-ethyl adjacent to an activating group) is 1. The molecule has 3 rings (SSSR count). The molecular weight excluding hydrogens is 381 g/mol. The van der Waals surface area contributed by atoms with E-state index < -0.39 is 0 Å². The molecule has 2 aromatic rings. The number of carbonyl (C=O) groups excluding carboxylic acids is 1. The Morgan fingerprint density at radius 3 is 2.40 bits per heavy atom. The molecule has 1 saturated heterocycles. The van der Waals surface area contributed by atoms with Crippen molar-refractivity contribution in [2.45, 2.75) is 13.1 Å². The average molecular weight is 412 g/mol. The smallest absolute Gasteiger partial charge is 0.241 e. The molecule has 0 unspecified atom stereocenters. The van der Waals surface area contributed by atoms with Crippen LogP contribution in [0.2, 0.25) is 0 Å². The van der Waals surface area contributed by atoms with Gasteiger partial charge in [-0.3, -0.25) is 9.69 Å². The van der Waals surface area contributed by atoms with Crippen LogP contribution in [0.25, 0.3) is 0 Å². The fourth-order valence-electron chi connectivity index (χ4n) is 3.34. The van der Waals surface area contributed by atoms with E-state index >= 15 is 0 Å². The van der Waals surface area contributed by atoms with E-state index in [0.717, 1.165) is 49.8 Å². The Morgan fingerprint density at radius 1 is 1.03 bits per heavy atom. The predicted molar refractivity (Wildman–Crippen MR) is 118 cm³/mol. The fourth-order valence-corrected chi connectivity index (χ4v) is 3.34. The molecule has 1 N–H and O–H groups in total. The topological polar surface area (TPSA) is 51.2 Å². The summed E-state index contributed by atoms with van der Waals surface area (Å²) in [6.07, 6.45) is 0. The van der Waals surface area contributed by atoms with Gasteiger partial charge in [-0.25, -0.2) is 9.38 Å². The van der Waals surface area contributed by atoms with Gasteiger partial charge in [-0.05, 0) is 23.3 Å². The largest absolute Gasteiger partial charge is 0.347 e. The highest BCUT2D eigenvalue weighted by molar-refractivity contribution is 5.86. The first-order valence-corrected chi connectivity index (χ1v) is 10.3. The summed E-state index contributed by atoms with van der Waals surface area (Å²) in [6, 6.07) is 16.8. The maximum absolute atomic E-state index is 13.4. The van der Waals surface area contributed by atoms with Crippen molar-refractivity contribution in [1.82, 2.24) is 20.0 Å². The highest BCUT2D eigenvalue weighted by Crippen LogP contribution is 2.11. The van der Waals surface area contributed by atoms with Crippen LogP contribution >= 0.6 is 0 Å². The zero-order chi connectivity index (χ0) is 21.3. The van der Waals surface area contributed by atoms with E-state index in [2.05, 4.69) is 15.1 Å². The molecule has 1 aliphatic rings. The van der Waals surface area contributed by atoms with Gasteiger partial charge in [-0.2, -0.15) is 0 Å². The third-order valence-electron chi connectivity index (χ3n) is 5.12. The standard InChI is InChI=1S/C23H30FN5O/c1-27(2)22(30)17-26-23(25-16-19-7-4-3-5-8-19)29-13-11-28(12-14-29)18-20-9-6-10-21(24)15-20/h3-10,15H,11-14,16-18H2,1-2H3,(H,25,26). The van der Waals surface area contributed by atoms with E-state index in [1.165, 1.54) is 6.07 Å². The van der Waals surface area contributed by atoms with Crippen LogP contribution in [0.4, 0.5) is 4.39 Å². The maximum atomic E-state index is 13.4. The second-order valence-corrected chi connectivity index (χ2v) is 7.66. The lowest BCUT2D eigenvalue weighted by Crippen LogP contribution is -2.53. The summed E-state index contributed by atoms with van der Waals surface area (Å²) in [5.74, 6) is 0.558. The lowest BCUT2D eigenvalue weighted by Gasteiger charge is -2.36. The number of nitrogens with zero attached hydrogens (tertiary/aromatic N) is 4. The van der Waals surface area contributed by atoms with Crippen molar-refractivity contribution in [2.75, 3.05) is 46.8 Å². The zero-order valence-corrected chi connectivity index (χ0v) is 17.7. The molecule has 30 heavy (non-hydrogen) atoms. The maximum Gasteiger partial charge on any atom is 0.241 e. The van der Waals surface area contributed by atoms with Crippen LogP contribution in [0.5, 0.6) is 0 Å². The van der Waals surface area contributed by atoms with E-state index in [1.807, 2.05) is 36.4 Å². The minimum atomic E-state index is -0.198. The van der Waals surface area contributed by atoms with Gasteiger partial charge in [0.25, 0.3) is 0 Å². The van der Waals surface area contributed by atoms with Gasteiger partial charge in [0.2, 0.25) is 5.91 Å². The van der Waals surface area contributed by atoms with E-state index in [4.69, 9.17) is 4.99 Å². The van der Waals surface area contributed by atoms with Crippen LogP contribution in [0.1, 0.15) is 11.1 Å². The Labute approximate surface area is 178 Å². The number of amides is 1. The molecule has 2 aromatic carbocycles. The molecule has 160 valence electrons. The number of guanidine groups is 1. The van der Waals surface area contributed by atoms with Crippen LogP contribution in [-0.2, 0) is 17.9 Å². The van der Waals surface area contributed by atoms with E-state index in [-0.39, 0.29) is 18.3 Å². The second kappa shape index (κ2) is 10.7. The van der Waals surface area contributed by atoms with Crippen molar-refractivity contribution in [1.29, 1.82) is 0 Å². The van der Waals surface area contributed by atoms with Crippen molar-refractivity contribution in [3.63, 3.8) is 0 Å². The van der Waals surface area contributed by atoms with Gasteiger partial charge < -0.3 is 15.1 Å². The van der Waals surface area contributed by atoms with Crippen LogP contribution in [-0.4, -0.2) is 73.4 Å². The normalized spacial score (nSPS) is 15.2. The van der Waals surface area contributed by atoms with E-state index in [1.54, 1.807) is 31.1 Å². The molecule has 1 fully saturated rings. The molecule has 0 aromatic heterocycles. The van der Waals surface area contributed by atoms with Gasteiger partial charge in [0.05, 0.1) is 13.1 Å². The lowest BCUT2D eigenvalue weighted by molar-refractivity contribution is -0.127. The van der Waals surface area contributed by atoms with Crippen molar-refractivity contribution in [2.24, 2.45) is 4.99 Å². The number of benzene rings is 2. The SMILES string of the molecule is CN(C)C(=O)CNC(=NCc1ccccc1)N1CCN(Cc2cccc(F)c2)CC1. The summed E-state index contributed by atoms with van der Waals surface area (Å²) in [7, 11) is 3.49. The first-order chi connectivity index (χ1) is 14.5. The number of hydrogen-bond donors (Lipinski definition) is 1. The Balaban J connectivity index is 1.60.